The number of rotatable bonds is 26. The van der Waals surface area contributed by atoms with Crippen LogP contribution in [0.4, 0.5) is 5.69 Å². The van der Waals surface area contributed by atoms with Crippen molar-refractivity contribution in [2.75, 3.05) is 5.73 Å². The molecule has 0 saturated heterocycles. The van der Waals surface area contributed by atoms with Crippen molar-refractivity contribution in [3.8, 4) is 69.0 Å². The molecule has 0 aromatic heterocycles. The van der Waals surface area contributed by atoms with Crippen LogP contribution < -0.4 is 84.9 Å². The average molecular weight is 2160 g/mol. The van der Waals surface area contributed by atoms with Crippen LogP contribution in [-0.4, -0.2) is 71.3 Å². The molecule has 0 saturated carbocycles. The number of aromatic hydroxyl groups is 2. The van der Waals surface area contributed by atoms with Crippen LogP contribution in [0, 0.1) is 76.4 Å². The lowest BCUT2D eigenvalue weighted by Gasteiger charge is -2.23. The molecule has 0 radical (unpaired) electrons. The molecule has 0 amide bonds. The first kappa shape index (κ1) is 116. The Morgan fingerprint density at radius 2 is 0.500 bits per heavy atom. The van der Waals surface area contributed by atoms with E-state index >= 15 is 0 Å². The molecule has 0 aliphatic rings. The average Bonchev–Trinajstić information content (AvgIpc) is 0.758. The largest absolute Gasteiger partial charge is 0.508 e. The fourth-order valence-corrected chi connectivity index (χ4v) is 19.1. The summed E-state index contributed by atoms with van der Waals surface area (Å²) in [6.07, 6.45) is 1.91. The van der Waals surface area contributed by atoms with Crippen molar-refractivity contribution in [3.63, 3.8) is 0 Å². The van der Waals surface area contributed by atoms with Gasteiger partial charge in [0.15, 0.2) is 0 Å². The second-order valence-electron chi connectivity index (χ2n) is 34.3. The van der Waals surface area contributed by atoms with Gasteiger partial charge in [-0.15, -0.1) is 0 Å². The highest BCUT2D eigenvalue weighted by molar-refractivity contribution is 14.1. The van der Waals surface area contributed by atoms with Crippen molar-refractivity contribution in [2.24, 2.45) is 0 Å². The molecule has 12 aromatic carbocycles. The lowest BCUT2D eigenvalue weighted by atomic mass is 10.2. The van der Waals surface area contributed by atoms with E-state index in [2.05, 4.69) is 295 Å². The van der Waals surface area contributed by atoms with Crippen molar-refractivity contribution < 1.29 is 57.6 Å². The molecule has 0 spiro atoms. The van der Waals surface area contributed by atoms with Crippen molar-refractivity contribution in [1.29, 1.82) is 0 Å². The number of hydrogen-bond acceptors (Lipinski definition) is 13. The minimum absolute atomic E-state index is 0.0880. The predicted octanol–water partition coefficient (Wildman–Crippen LogP) is 29.9. The highest BCUT2D eigenvalue weighted by Crippen LogP contribution is 2.47. The van der Waals surface area contributed by atoms with E-state index in [4.69, 9.17) is 74.6 Å². The summed E-state index contributed by atoms with van der Waals surface area (Å²) in [5.41, 5.74) is 18.6. The number of aryl methyl sites for hydroxylation is 10. The Kier molecular flexibility index (Phi) is 53.4. The molecule has 20 heteroatoms. The molecule has 0 aliphatic carbocycles. The zero-order chi connectivity index (χ0) is 98.6. The Hall–Kier alpha value is -8.44. The monoisotopic (exact) mass is 2160 g/mol. The number of halogens is 4. The van der Waals surface area contributed by atoms with Crippen LogP contribution >= 0.6 is 96.8 Å². The van der Waals surface area contributed by atoms with Gasteiger partial charge < -0.3 is 63.3 Å². The number of phenols is 2. The molecule has 0 bridgehead atoms. The van der Waals surface area contributed by atoms with Crippen LogP contribution in [-0.2, 0) is 0 Å². The van der Waals surface area contributed by atoms with Gasteiger partial charge >= 0.3 is 0 Å². The van der Waals surface area contributed by atoms with Crippen LogP contribution in [0.5, 0.6) is 69.0 Å². The van der Waals surface area contributed by atoms with Gasteiger partial charge in [-0.25, -0.2) is 0 Å². The zero-order valence-electron chi connectivity index (χ0n) is 83.4. The van der Waals surface area contributed by atoms with Gasteiger partial charge in [-0.2, -0.15) is 0 Å². The first-order chi connectivity index (χ1) is 62.2. The van der Waals surface area contributed by atoms with Gasteiger partial charge in [0, 0.05) is 48.1 Å². The number of benzene rings is 12. The maximum atomic E-state index is 8.65. The Morgan fingerprint density at radius 3 is 0.742 bits per heavy atom. The molecule has 0 heterocycles. The summed E-state index contributed by atoms with van der Waals surface area (Å²) in [6, 6.07) is 79.2. The van der Waals surface area contributed by atoms with Crippen LogP contribution in [0.25, 0.3) is 0 Å². The SMILES string of the molecule is Cc1cccc(OC(C)C)c1.Cc1cccc(OC(C)C)c1.Cc1cccc(OC(C)C)c1I.Cc1cccc(OC(C)C)c1I.Cc1cccc(OC(C)C)c1P(Cl)c1c(C)cccc1OC(C)C.Cc1cccc(OC(C)C)c1Pc1c(C)cccc1OC(C)C.Cc1cccc(OC(C)C)c1Pc1c(C)cccc1OC(C)C.Nc1ccccc1Br.Oc1cccc(O)c1. The zero-order valence-corrected chi connectivity index (χ0v) is 92.9. The molecular weight excluding hydrogens is 2010 g/mol. The molecule has 714 valence electrons. The number of ether oxygens (including phenoxy) is 10. The van der Waals surface area contributed by atoms with Crippen molar-refractivity contribution in [3.05, 3.63) is 310 Å². The Morgan fingerprint density at radius 1 is 0.273 bits per heavy atom. The number of para-hydroxylation sites is 1. The van der Waals surface area contributed by atoms with E-state index in [1.165, 1.54) is 91.1 Å². The quantitative estimate of drug-likeness (QED) is 0.0267. The fraction of sp³-hybridized carbons (Fsp3) is 0.357. The smallest absolute Gasteiger partial charge is 0.133 e. The van der Waals surface area contributed by atoms with Crippen molar-refractivity contribution in [1.82, 2.24) is 0 Å². The molecule has 0 atom stereocenters. The second kappa shape index (κ2) is 60.8. The lowest BCUT2D eigenvalue weighted by Crippen LogP contribution is -2.21. The Labute approximate surface area is 838 Å². The van der Waals surface area contributed by atoms with E-state index in [9.17, 15) is 0 Å². The van der Waals surface area contributed by atoms with Crippen LogP contribution in [0.2, 0.25) is 0 Å². The van der Waals surface area contributed by atoms with Crippen LogP contribution in [0.3, 0.4) is 0 Å². The van der Waals surface area contributed by atoms with E-state index in [1.807, 2.05) is 192 Å². The number of phenolic OH excluding ortho intramolecular Hbond substituents is 2. The first-order valence-electron chi connectivity index (χ1n) is 45.1. The summed E-state index contributed by atoms with van der Waals surface area (Å²) < 4.78 is 61.8. The van der Waals surface area contributed by atoms with Crippen molar-refractivity contribution >= 4 is 134 Å². The van der Waals surface area contributed by atoms with E-state index in [-0.39, 0.29) is 72.5 Å². The molecule has 12 aromatic rings. The summed E-state index contributed by atoms with van der Waals surface area (Å²) in [6.45, 7) is 62.0. The summed E-state index contributed by atoms with van der Waals surface area (Å²) in [7, 11) is -0.0507. The number of nitrogens with two attached hydrogens (primary N) is 1. The van der Waals surface area contributed by atoms with Crippen LogP contribution in [0.1, 0.15) is 194 Å². The third-order valence-corrected chi connectivity index (χ3v) is 27.9. The molecule has 0 unspecified atom stereocenters. The molecule has 4 N–H and O–H groups in total. The van der Waals surface area contributed by atoms with Gasteiger partial charge in [0.05, 0.1) is 75.5 Å². The summed E-state index contributed by atoms with van der Waals surface area (Å²) in [4.78, 5) is 0. The molecule has 0 aliphatic heterocycles. The normalized spacial score (nSPS) is 10.6. The summed E-state index contributed by atoms with van der Waals surface area (Å²) in [5.74, 6) is 9.74. The third kappa shape index (κ3) is 43.9. The highest BCUT2D eigenvalue weighted by Gasteiger charge is 2.26. The van der Waals surface area contributed by atoms with Gasteiger partial charge in [-0.3, -0.25) is 0 Å². The maximum absolute atomic E-state index is 8.65. The Balaban J connectivity index is 0.000000319. The first-order valence-corrected chi connectivity index (χ1v) is 52.3. The third-order valence-electron chi connectivity index (χ3n) is 17.9. The van der Waals surface area contributed by atoms with Gasteiger partial charge in [0.1, 0.15) is 69.0 Å². The number of hydrogen-bond donors (Lipinski definition) is 3. The molecular formula is C112H146BrClI2NO12P3. The predicted molar refractivity (Wildman–Crippen MR) is 590 cm³/mol. The molecule has 13 nitrogen and oxygen atoms in total. The summed E-state index contributed by atoms with van der Waals surface area (Å²) >= 11 is 14.9. The topological polar surface area (TPSA) is 159 Å². The highest BCUT2D eigenvalue weighted by atomic mass is 127. The molecule has 132 heavy (non-hydrogen) atoms. The molecule has 0 fully saturated rings. The van der Waals surface area contributed by atoms with E-state index in [0.29, 0.717) is 17.2 Å². The summed E-state index contributed by atoms with van der Waals surface area (Å²) in [5, 5.41) is 24.5. The fourth-order valence-electron chi connectivity index (χ4n) is 12.3. The molecule has 12 rings (SSSR count). The van der Waals surface area contributed by atoms with E-state index in [0.717, 1.165) is 89.4 Å². The van der Waals surface area contributed by atoms with Gasteiger partial charge in [-0.1, -0.05) is 168 Å². The van der Waals surface area contributed by atoms with E-state index in [1.54, 1.807) is 6.07 Å². The Bertz CT molecular complexity index is 4970. The van der Waals surface area contributed by atoms with E-state index < -0.39 is 7.27 Å². The minimum Gasteiger partial charge on any atom is -0.508 e. The van der Waals surface area contributed by atoms with Gasteiger partial charge in [0.2, 0.25) is 0 Å². The number of anilines is 1. The van der Waals surface area contributed by atoms with Gasteiger partial charge in [0.25, 0.3) is 0 Å². The second-order valence-corrected chi connectivity index (χ2v) is 42.3. The number of nitrogen functional groups attached to an aromatic ring is 1. The van der Waals surface area contributed by atoms with Crippen molar-refractivity contribution in [2.45, 2.75) is 269 Å². The standard InChI is InChI=1S/C20H26ClO2P.2C20H27O2P.2C10H13IO.2C10H14O.C6H6BrN.C6H6O2/c1-13(2)22-17-11-7-9-15(5)19(17)24(21)20-16(6)10-8-12-18(20)23-14(3)4;2*1-13(2)21-17-11-7-9-15(5)19(17)23-20-16(6)10-8-12-18(20)22-14(3)4;2*1-7(2)12-9-6-4-5-8(3)10(9)11;2*1-8(2)11-10-6-4-5-9(3)7-10;7-5-3-1-2-4-6(5)8;7-5-2-1-3-6(8)4-5/h7-14H,1-6H3;2*7-14,23H,1-6H3;2*4-7H,1-3H3;2*4-8H,1-3H3;1-4H,8H2;1-4,7-8H. The minimum atomic E-state index is -1.09. The van der Waals surface area contributed by atoms with Gasteiger partial charge in [-0.05, 0) is 422 Å². The van der Waals surface area contributed by atoms with Crippen LogP contribution in [0.15, 0.2) is 247 Å². The maximum Gasteiger partial charge on any atom is 0.133 e. The lowest BCUT2D eigenvalue weighted by molar-refractivity contribution is 0.240.